The Morgan fingerprint density at radius 2 is 2.21 bits per heavy atom. The van der Waals surface area contributed by atoms with Gasteiger partial charge in [0.05, 0.1) is 17.8 Å². The molecule has 0 spiro atoms. The molecule has 0 radical (unpaired) electrons. The third-order valence-corrected chi connectivity index (χ3v) is 4.26. The lowest BCUT2D eigenvalue weighted by Crippen LogP contribution is -2.53. The first-order valence-corrected chi connectivity index (χ1v) is 7.94. The Labute approximate surface area is 143 Å². The number of hydrogen-bond donors (Lipinski definition) is 2. The van der Waals surface area contributed by atoms with E-state index in [4.69, 9.17) is 16.3 Å². The molecule has 0 unspecified atom stereocenters. The lowest BCUT2D eigenvalue weighted by molar-refractivity contribution is -0.0533. The Morgan fingerprint density at radius 1 is 1.46 bits per heavy atom. The topological polar surface area (TPSA) is 78.5 Å². The lowest BCUT2D eigenvalue weighted by Gasteiger charge is -2.38. The van der Waals surface area contributed by atoms with E-state index in [1.54, 1.807) is 0 Å². The molecule has 2 N–H and O–H groups in total. The fourth-order valence-electron chi connectivity index (χ4n) is 2.73. The molecule has 1 amide bonds. The van der Waals surface area contributed by atoms with Crippen LogP contribution >= 0.6 is 11.6 Å². The highest BCUT2D eigenvalue weighted by atomic mass is 35.5. The van der Waals surface area contributed by atoms with Gasteiger partial charge in [0.1, 0.15) is 29.5 Å². The predicted octanol–water partition coefficient (Wildman–Crippen LogP) is 2.25. The second-order valence-electron chi connectivity index (χ2n) is 5.89. The van der Waals surface area contributed by atoms with E-state index >= 15 is 0 Å². The van der Waals surface area contributed by atoms with Crippen LogP contribution in [0.15, 0.2) is 30.5 Å². The van der Waals surface area contributed by atoms with Crippen LogP contribution in [0, 0.1) is 5.82 Å². The van der Waals surface area contributed by atoms with Gasteiger partial charge in [0.15, 0.2) is 0 Å². The summed E-state index contributed by atoms with van der Waals surface area (Å²) in [5.41, 5.74) is -0.963. The summed E-state index contributed by atoms with van der Waals surface area (Å²) >= 11 is 5.92. The largest absolute Gasteiger partial charge is 0.491 e. The molecule has 3 rings (SSSR count). The molecule has 1 atom stereocenters. The summed E-state index contributed by atoms with van der Waals surface area (Å²) < 4.78 is 18.4. The Morgan fingerprint density at radius 3 is 2.88 bits per heavy atom. The molecule has 1 fully saturated rings. The summed E-state index contributed by atoms with van der Waals surface area (Å²) in [5.74, 6) is -0.200. The number of piperidine rings is 1. The van der Waals surface area contributed by atoms with Crippen molar-refractivity contribution >= 4 is 17.5 Å². The third kappa shape index (κ3) is 3.68. The van der Waals surface area contributed by atoms with Gasteiger partial charge >= 0.3 is 0 Å². The fraction of sp³-hybridized carbons (Fsp3) is 0.375. The van der Waals surface area contributed by atoms with Crippen LogP contribution in [0.1, 0.15) is 23.3 Å². The summed E-state index contributed by atoms with van der Waals surface area (Å²) in [4.78, 5) is 14.0. The Bertz CT molecular complexity index is 722. The van der Waals surface area contributed by atoms with Crippen molar-refractivity contribution in [2.24, 2.45) is 0 Å². The highest BCUT2D eigenvalue weighted by Crippen LogP contribution is 2.25. The van der Waals surface area contributed by atoms with Crippen molar-refractivity contribution in [2.45, 2.75) is 18.4 Å². The average Bonchev–Trinajstić information content (AvgIpc) is 3.00. The molecular weight excluding hydrogens is 337 g/mol. The van der Waals surface area contributed by atoms with E-state index in [0.29, 0.717) is 25.1 Å². The van der Waals surface area contributed by atoms with Crippen LogP contribution in [-0.4, -0.2) is 51.4 Å². The van der Waals surface area contributed by atoms with Gasteiger partial charge in [-0.3, -0.25) is 9.89 Å². The van der Waals surface area contributed by atoms with Crippen LogP contribution in [-0.2, 0) is 0 Å². The van der Waals surface area contributed by atoms with Crippen LogP contribution in [0.3, 0.4) is 0 Å². The summed E-state index contributed by atoms with van der Waals surface area (Å²) in [6, 6.07) is 5.57. The fourth-order valence-corrected chi connectivity index (χ4v) is 2.90. The third-order valence-electron chi connectivity index (χ3n) is 3.97. The van der Waals surface area contributed by atoms with Gasteiger partial charge < -0.3 is 14.7 Å². The van der Waals surface area contributed by atoms with E-state index in [1.165, 1.54) is 35.4 Å². The van der Waals surface area contributed by atoms with Crippen LogP contribution in [0.25, 0.3) is 0 Å². The molecule has 128 valence electrons. The molecule has 6 nitrogen and oxygen atoms in total. The highest BCUT2D eigenvalue weighted by molar-refractivity contribution is 6.33. The van der Waals surface area contributed by atoms with Gasteiger partial charge in [0, 0.05) is 6.54 Å². The van der Waals surface area contributed by atoms with E-state index in [9.17, 15) is 14.3 Å². The molecule has 8 heteroatoms. The number of amides is 1. The number of hydrogen-bond acceptors (Lipinski definition) is 4. The summed E-state index contributed by atoms with van der Waals surface area (Å²) in [7, 11) is 0. The molecular formula is C16H17ClFN3O3. The number of H-pyrrole nitrogens is 1. The lowest BCUT2D eigenvalue weighted by atomic mass is 9.93. The van der Waals surface area contributed by atoms with Crippen molar-refractivity contribution in [2.75, 3.05) is 19.7 Å². The maximum Gasteiger partial charge on any atom is 0.273 e. The van der Waals surface area contributed by atoms with E-state index in [0.717, 1.165) is 0 Å². The second-order valence-corrected chi connectivity index (χ2v) is 6.30. The molecule has 2 heterocycles. The Hall–Kier alpha value is -2.12. The normalized spacial score (nSPS) is 20.9. The number of ether oxygens (including phenoxy) is 1. The van der Waals surface area contributed by atoms with E-state index in [1.807, 2.05) is 0 Å². The number of halogens is 2. The molecule has 0 saturated carbocycles. The Kier molecular flexibility index (Phi) is 4.73. The van der Waals surface area contributed by atoms with Crippen molar-refractivity contribution in [1.82, 2.24) is 15.1 Å². The number of carbonyl (C=O) groups excluding carboxylic acids is 1. The maximum atomic E-state index is 12.9. The monoisotopic (exact) mass is 353 g/mol. The number of rotatable bonds is 4. The number of carbonyl (C=O) groups is 1. The minimum absolute atomic E-state index is 0.0130. The maximum absolute atomic E-state index is 12.9. The molecule has 0 bridgehead atoms. The number of nitrogens with zero attached hydrogens (tertiary/aromatic N) is 2. The average molecular weight is 354 g/mol. The molecule has 1 aromatic carbocycles. The van der Waals surface area contributed by atoms with Gasteiger partial charge in [-0.15, -0.1) is 0 Å². The molecule has 1 aromatic heterocycles. The van der Waals surface area contributed by atoms with Crippen molar-refractivity contribution in [1.29, 1.82) is 0 Å². The molecule has 24 heavy (non-hydrogen) atoms. The van der Waals surface area contributed by atoms with Crippen LogP contribution in [0.5, 0.6) is 5.75 Å². The molecule has 0 aliphatic carbocycles. The van der Waals surface area contributed by atoms with Crippen molar-refractivity contribution in [3.8, 4) is 5.75 Å². The molecule has 2 aromatic rings. The first-order valence-electron chi connectivity index (χ1n) is 7.56. The van der Waals surface area contributed by atoms with Crippen LogP contribution in [0.2, 0.25) is 5.02 Å². The second kappa shape index (κ2) is 6.78. The number of aliphatic hydroxyl groups is 1. The van der Waals surface area contributed by atoms with E-state index in [-0.39, 0.29) is 35.6 Å². The molecule has 1 aliphatic heterocycles. The number of likely N-dealkylation sites (tertiary alicyclic amines) is 1. The number of benzene rings is 1. The zero-order valence-corrected chi connectivity index (χ0v) is 13.6. The predicted molar refractivity (Wildman–Crippen MR) is 85.6 cm³/mol. The summed E-state index contributed by atoms with van der Waals surface area (Å²) in [6.07, 6.45) is 2.51. The smallest absolute Gasteiger partial charge is 0.273 e. The van der Waals surface area contributed by atoms with Crippen LogP contribution < -0.4 is 4.74 Å². The SMILES string of the molecule is O=C(c1[nH]ncc1Cl)N1CCC[C@](O)(COc2ccc(F)cc2)C1. The van der Waals surface area contributed by atoms with Crippen molar-refractivity contribution in [3.05, 3.63) is 47.0 Å². The van der Waals surface area contributed by atoms with E-state index in [2.05, 4.69) is 10.2 Å². The Balaban J connectivity index is 1.64. The van der Waals surface area contributed by atoms with Crippen LogP contribution in [0.4, 0.5) is 4.39 Å². The molecule has 1 aliphatic rings. The zero-order chi connectivity index (χ0) is 17.2. The zero-order valence-electron chi connectivity index (χ0n) is 12.8. The number of aromatic amines is 1. The first kappa shape index (κ1) is 16.7. The number of aromatic nitrogens is 2. The van der Waals surface area contributed by atoms with Crippen molar-refractivity contribution in [3.63, 3.8) is 0 Å². The van der Waals surface area contributed by atoms with Gasteiger partial charge in [0.25, 0.3) is 5.91 Å². The van der Waals surface area contributed by atoms with Gasteiger partial charge in [-0.1, -0.05) is 11.6 Å². The molecule has 1 saturated heterocycles. The minimum Gasteiger partial charge on any atom is -0.491 e. The number of β-amino-alcohol motifs (C(OH)–C–C–N with tert-alkyl or cyclic N) is 1. The van der Waals surface area contributed by atoms with E-state index < -0.39 is 5.60 Å². The quantitative estimate of drug-likeness (QED) is 0.883. The van der Waals surface area contributed by atoms with Crippen molar-refractivity contribution < 1.29 is 19.0 Å². The summed E-state index contributed by atoms with van der Waals surface area (Å²) in [6.45, 7) is 0.661. The first-order chi connectivity index (χ1) is 11.5. The van der Waals surface area contributed by atoms with Gasteiger partial charge in [0.2, 0.25) is 0 Å². The summed E-state index contributed by atoms with van der Waals surface area (Å²) in [5, 5.41) is 17.3. The van der Waals surface area contributed by atoms with Gasteiger partial charge in [-0.2, -0.15) is 5.10 Å². The highest BCUT2D eigenvalue weighted by Gasteiger charge is 2.37. The minimum atomic E-state index is -1.17. The number of nitrogens with one attached hydrogen (secondary N) is 1. The van der Waals surface area contributed by atoms with Gasteiger partial charge in [-0.25, -0.2) is 4.39 Å². The standard InChI is InChI=1S/C16H17ClFN3O3/c17-13-8-19-20-14(13)15(22)21-7-1-6-16(23,9-21)10-24-12-4-2-11(18)3-5-12/h2-5,8,23H,1,6-7,9-10H2,(H,19,20)/t16-/m1/s1. The van der Waals surface area contributed by atoms with Gasteiger partial charge in [-0.05, 0) is 37.1 Å².